The molecular formula is C11H20O. The van der Waals surface area contributed by atoms with E-state index >= 15 is 0 Å². The zero-order valence-electron chi connectivity index (χ0n) is 8.27. The van der Waals surface area contributed by atoms with Gasteiger partial charge in [0.05, 0.1) is 5.60 Å². The molecule has 1 spiro atoms. The molecule has 2 rings (SSSR count). The topological polar surface area (TPSA) is 20.2 Å². The second kappa shape index (κ2) is 2.47. The van der Waals surface area contributed by atoms with Crippen LogP contribution in [0, 0.1) is 11.3 Å². The van der Waals surface area contributed by atoms with Crippen LogP contribution in [0.2, 0.25) is 0 Å². The fraction of sp³-hybridized carbons (Fsp3) is 1.00. The quantitative estimate of drug-likeness (QED) is 0.638. The maximum Gasteiger partial charge on any atom is 0.0648 e. The Labute approximate surface area is 75.2 Å². The molecule has 2 atom stereocenters. The highest BCUT2D eigenvalue weighted by atomic mass is 16.3. The Morgan fingerprint density at radius 3 is 2.33 bits per heavy atom. The average Bonchev–Trinajstić information content (AvgIpc) is 2.76. The largest absolute Gasteiger partial charge is 0.390 e. The predicted molar refractivity (Wildman–Crippen MR) is 49.9 cm³/mol. The summed E-state index contributed by atoms with van der Waals surface area (Å²) in [7, 11) is 0. The molecule has 0 aromatic heterocycles. The van der Waals surface area contributed by atoms with E-state index in [0.29, 0.717) is 11.3 Å². The second-order valence-electron chi connectivity index (χ2n) is 5.17. The van der Waals surface area contributed by atoms with Gasteiger partial charge in [-0.2, -0.15) is 0 Å². The molecule has 0 aromatic rings. The number of hydrogen-bond donors (Lipinski definition) is 1. The van der Waals surface area contributed by atoms with Crippen LogP contribution in [0.15, 0.2) is 0 Å². The smallest absolute Gasteiger partial charge is 0.0648 e. The van der Waals surface area contributed by atoms with Crippen LogP contribution < -0.4 is 0 Å². The van der Waals surface area contributed by atoms with Crippen molar-refractivity contribution in [1.29, 1.82) is 0 Å². The van der Waals surface area contributed by atoms with Crippen LogP contribution in [0.3, 0.4) is 0 Å². The molecule has 0 bridgehead atoms. The van der Waals surface area contributed by atoms with Crippen molar-refractivity contribution in [2.24, 2.45) is 11.3 Å². The van der Waals surface area contributed by atoms with E-state index in [9.17, 15) is 5.11 Å². The van der Waals surface area contributed by atoms with E-state index in [1.807, 2.05) is 6.92 Å². The molecule has 0 saturated heterocycles. The lowest BCUT2D eigenvalue weighted by atomic mass is 9.69. The van der Waals surface area contributed by atoms with Crippen molar-refractivity contribution >= 4 is 0 Å². The number of hydrogen-bond acceptors (Lipinski definition) is 1. The minimum atomic E-state index is -0.359. The third kappa shape index (κ3) is 1.28. The van der Waals surface area contributed by atoms with Crippen molar-refractivity contribution in [3.8, 4) is 0 Å². The first-order valence-electron chi connectivity index (χ1n) is 5.30. The van der Waals surface area contributed by atoms with Gasteiger partial charge in [-0.15, -0.1) is 0 Å². The fourth-order valence-corrected chi connectivity index (χ4v) is 2.78. The van der Waals surface area contributed by atoms with Gasteiger partial charge in [0.25, 0.3) is 0 Å². The predicted octanol–water partition coefficient (Wildman–Crippen LogP) is 2.73. The lowest BCUT2D eigenvalue weighted by Crippen LogP contribution is -2.40. The van der Waals surface area contributed by atoms with Crippen molar-refractivity contribution in [3.63, 3.8) is 0 Å². The van der Waals surface area contributed by atoms with Crippen molar-refractivity contribution in [3.05, 3.63) is 0 Å². The van der Waals surface area contributed by atoms with Crippen molar-refractivity contribution < 1.29 is 5.11 Å². The zero-order valence-corrected chi connectivity index (χ0v) is 8.27. The fourth-order valence-electron chi connectivity index (χ4n) is 2.78. The first-order valence-corrected chi connectivity index (χ1v) is 5.30. The summed E-state index contributed by atoms with van der Waals surface area (Å²) in [5.41, 5.74) is 0.339. The van der Waals surface area contributed by atoms with Gasteiger partial charge in [-0.1, -0.05) is 13.3 Å². The van der Waals surface area contributed by atoms with E-state index in [-0.39, 0.29) is 5.60 Å². The SMILES string of the molecule is CCC1CC2(CC2)CCC1(C)O. The standard InChI is InChI=1S/C11H20O/c1-3-9-8-11(6-7-11)5-4-10(9,2)12/h9,12H,3-8H2,1-2H3. The van der Waals surface area contributed by atoms with Crippen molar-refractivity contribution in [1.82, 2.24) is 0 Å². The molecule has 1 N–H and O–H groups in total. The van der Waals surface area contributed by atoms with E-state index in [2.05, 4.69) is 6.92 Å². The Morgan fingerprint density at radius 2 is 1.83 bits per heavy atom. The average molecular weight is 168 g/mol. The van der Waals surface area contributed by atoms with Crippen molar-refractivity contribution in [2.75, 3.05) is 0 Å². The summed E-state index contributed by atoms with van der Waals surface area (Å²) in [6.07, 6.45) is 7.60. The highest BCUT2D eigenvalue weighted by Gasteiger charge is 2.51. The Hall–Kier alpha value is -0.0400. The number of aliphatic hydroxyl groups is 1. The van der Waals surface area contributed by atoms with E-state index in [1.165, 1.54) is 25.7 Å². The molecule has 2 unspecified atom stereocenters. The molecule has 70 valence electrons. The molecule has 1 nitrogen and oxygen atoms in total. The van der Waals surface area contributed by atoms with Crippen molar-refractivity contribution in [2.45, 2.75) is 58.0 Å². The zero-order chi connectivity index (χ0) is 8.82. The van der Waals surface area contributed by atoms with Gasteiger partial charge in [-0.25, -0.2) is 0 Å². The maximum absolute atomic E-state index is 10.1. The molecule has 0 radical (unpaired) electrons. The first kappa shape index (κ1) is 8.55. The molecule has 2 aliphatic rings. The minimum Gasteiger partial charge on any atom is -0.390 e. The van der Waals surface area contributed by atoms with Gasteiger partial charge >= 0.3 is 0 Å². The molecule has 1 heteroatoms. The summed E-state index contributed by atoms with van der Waals surface area (Å²) in [6, 6.07) is 0. The molecule has 0 amide bonds. The summed E-state index contributed by atoms with van der Waals surface area (Å²) >= 11 is 0. The maximum atomic E-state index is 10.1. The summed E-state index contributed by atoms with van der Waals surface area (Å²) < 4.78 is 0. The molecular weight excluding hydrogens is 148 g/mol. The summed E-state index contributed by atoms with van der Waals surface area (Å²) in [6.45, 7) is 4.23. The lowest BCUT2D eigenvalue weighted by molar-refractivity contribution is -0.0525. The van der Waals surface area contributed by atoms with E-state index in [0.717, 1.165) is 12.8 Å². The van der Waals surface area contributed by atoms with Crippen LogP contribution in [0.1, 0.15) is 52.4 Å². The summed E-state index contributed by atoms with van der Waals surface area (Å²) in [5, 5.41) is 10.1. The molecule has 0 aromatic carbocycles. The van der Waals surface area contributed by atoms with Crippen LogP contribution in [0.4, 0.5) is 0 Å². The molecule has 2 saturated carbocycles. The monoisotopic (exact) mass is 168 g/mol. The third-order valence-corrected chi connectivity index (χ3v) is 4.17. The van der Waals surface area contributed by atoms with Gasteiger partial charge in [-0.05, 0) is 50.4 Å². The molecule has 0 aliphatic heterocycles. The third-order valence-electron chi connectivity index (χ3n) is 4.17. The van der Waals surface area contributed by atoms with E-state index in [4.69, 9.17) is 0 Å². The van der Waals surface area contributed by atoms with Gasteiger partial charge in [0.15, 0.2) is 0 Å². The van der Waals surface area contributed by atoms with Gasteiger partial charge in [0, 0.05) is 0 Å². The van der Waals surface area contributed by atoms with Gasteiger partial charge < -0.3 is 5.11 Å². The first-order chi connectivity index (χ1) is 5.58. The van der Waals surface area contributed by atoms with E-state index in [1.54, 1.807) is 0 Å². The Bertz CT molecular complexity index is 179. The Kier molecular flexibility index (Phi) is 1.76. The Morgan fingerprint density at radius 1 is 1.25 bits per heavy atom. The Balaban J connectivity index is 2.05. The molecule has 0 heterocycles. The number of rotatable bonds is 1. The van der Waals surface area contributed by atoms with Crippen LogP contribution in [0.25, 0.3) is 0 Å². The summed E-state index contributed by atoms with van der Waals surface area (Å²) in [4.78, 5) is 0. The summed E-state index contributed by atoms with van der Waals surface area (Å²) in [5.74, 6) is 0.564. The highest BCUT2D eigenvalue weighted by molar-refractivity contribution is 5.02. The van der Waals surface area contributed by atoms with Gasteiger partial charge in [0.2, 0.25) is 0 Å². The van der Waals surface area contributed by atoms with Gasteiger partial charge in [0.1, 0.15) is 0 Å². The minimum absolute atomic E-state index is 0.359. The van der Waals surface area contributed by atoms with Crippen LogP contribution in [-0.4, -0.2) is 10.7 Å². The highest BCUT2D eigenvalue weighted by Crippen LogP contribution is 2.59. The van der Waals surface area contributed by atoms with Crippen LogP contribution >= 0.6 is 0 Å². The van der Waals surface area contributed by atoms with Crippen LogP contribution in [0.5, 0.6) is 0 Å². The molecule has 2 aliphatic carbocycles. The van der Waals surface area contributed by atoms with Crippen LogP contribution in [-0.2, 0) is 0 Å². The normalized spacial score (nSPS) is 44.8. The molecule has 2 fully saturated rings. The molecule has 12 heavy (non-hydrogen) atoms. The lowest BCUT2D eigenvalue weighted by Gasteiger charge is -2.41. The van der Waals surface area contributed by atoms with E-state index < -0.39 is 0 Å². The second-order valence-corrected chi connectivity index (χ2v) is 5.17. The van der Waals surface area contributed by atoms with Gasteiger partial charge in [-0.3, -0.25) is 0 Å².